The van der Waals surface area contributed by atoms with Gasteiger partial charge in [-0.1, -0.05) is 5.16 Å². The van der Waals surface area contributed by atoms with Crippen molar-refractivity contribution in [2.24, 2.45) is 0 Å². The van der Waals surface area contributed by atoms with Gasteiger partial charge in [-0.15, -0.1) is 0 Å². The fourth-order valence-corrected chi connectivity index (χ4v) is 1.96. The number of rotatable bonds is 2. The van der Waals surface area contributed by atoms with E-state index < -0.39 is 5.60 Å². The van der Waals surface area contributed by atoms with Crippen molar-refractivity contribution in [2.45, 2.75) is 32.3 Å². The Labute approximate surface area is 83.3 Å². The standard InChI is InChI=1S/C10H16N2O2/c1-7-9(8(2)14-12-7)5-10(13)3-4-11-6-10/h11,13H,3-6H2,1-2H3. The van der Waals surface area contributed by atoms with Crippen molar-refractivity contribution in [3.8, 4) is 0 Å². The van der Waals surface area contributed by atoms with Gasteiger partial charge in [-0.2, -0.15) is 0 Å². The minimum atomic E-state index is -0.610. The van der Waals surface area contributed by atoms with E-state index in [4.69, 9.17) is 4.52 Å². The molecule has 4 heteroatoms. The largest absolute Gasteiger partial charge is 0.388 e. The molecule has 2 N–H and O–H groups in total. The van der Waals surface area contributed by atoms with Crippen LogP contribution < -0.4 is 5.32 Å². The highest BCUT2D eigenvalue weighted by Crippen LogP contribution is 2.24. The van der Waals surface area contributed by atoms with Gasteiger partial charge in [0.15, 0.2) is 0 Å². The number of nitrogens with one attached hydrogen (secondary N) is 1. The zero-order valence-electron chi connectivity index (χ0n) is 8.63. The zero-order valence-corrected chi connectivity index (χ0v) is 8.63. The van der Waals surface area contributed by atoms with E-state index in [0.29, 0.717) is 13.0 Å². The van der Waals surface area contributed by atoms with E-state index in [1.54, 1.807) is 0 Å². The molecule has 1 fully saturated rings. The lowest BCUT2D eigenvalue weighted by Crippen LogP contribution is -2.34. The number of hydrogen-bond donors (Lipinski definition) is 2. The van der Waals surface area contributed by atoms with E-state index in [1.165, 1.54) is 0 Å². The van der Waals surface area contributed by atoms with Crippen molar-refractivity contribution in [1.29, 1.82) is 0 Å². The first-order valence-corrected chi connectivity index (χ1v) is 4.96. The van der Waals surface area contributed by atoms with Gasteiger partial charge in [-0.3, -0.25) is 0 Å². The fraction of sp³-hybridized carbons (Fsp3) is 0.700. The summed E-state index contributed by atoms with van der Waals surface area (Å²) in [5.74, 6) is 0.822. The van der Waals surface area contributed by atoms with Crippen molar-refractivity contribution in [3.05, 3.63) is 17.0 Å². The molecule has 1 aliphatic heterocycles. The van der Waals surface area contributed by atoms with Crippen molar-refractivity contribution in [2.75, 3.05) is 13.1 Å². The molecular formula is C10H16N2O2. The first kappa shape index (κ1) is 9.68. The number of aliphatic hydroxyl groups is 1. The molecule has 0 amide bonds. The Kier molecular flexibility index (Phi) is 2.33. The van der Waals surface area contributed by atoms with E-state index >= 15 is 0 Å². The van der Waals surface area contributed by atoms with Crippen LogP contribution in [0.3, 0.4) is 0 Å². The maximum atomic E-state index is 10.2. The Balaban J connectivity index is 2.17. The Morgan fingerprint density at radius 2 is 2.36 bits per heavy atom. The highest BCUT2D eigenvalue weighted by Gasteiger charge is 2.33. The third-order valence-corrected chi connectivity index (χ3v) is 2.91. The average Bonchev–Trinajstić information content (AvgIpc) is 2.68. The number of aromatic nitrogens is 1. The van der Waals surface area contributed by atoms with Crippen LogP contribution in [-0.2, 0) is 6.42 Å². The van der Waals surface area contributed by atoms with Gasteiger partial charge in [-0.05, 0) is 26.8 Å². The molecule has 2 heterocycles. The Hall–Kier alpha value is -0.870. The molecule has 1 aliphatic rings. The lowest BCUT2D eigenvalue weighted by molar-refractivity contribution is 0.0614. The smallest absolute Gasteiger partial charge is 0.137 e. The van der Waals surface area contributed by atoms with Gasteiger partial charge in [-0.25, -0.2) is 0 Å². The van der Waals surface area contributed by atoms with Crippen LogP contribution in [0.15, 0.2) is 4.52 Å². The summed E-state index contributed by atoms with van der Waals surface area (Å²) in [6, 6.07) is 0. The quantitative estimate of drug-likeness (QED) is 0.725. The third kappa shape index (κ3) is 1.67. The maximum absolute atomic E-state index is 10.2. The number of β-amino-alcohol motifs (C(OH)–C–C–N with tert-alkyl or cyclic N) is 1. The molecule has 1 atom stereocenters. The van der Waals surface area contributed by atoms with Crippen LogP contribution in [0.5, 0.6) is 0 Å². The van der Waals surface area contributed by atoms with Crippen molar-refractivity contribution >= 4 is 0 Å². The molecule has 1 aromatic heterocycles. The van der Waals surface area contributed by atoms with E-state index in [2.05, 4.69) is 10.5 Å². The van der Waals surface area contributed by atoms with E-state index in [-0.39, 0.29) is 0 Å². The molecule has 0 radical (unpaired) electrons. The van der Waals surface area contributed by atoms with E-state index in [0.717, 1.165) is 30.0 Å². The first-order chi connectivity index (χ1) is 6.61. The van der Waals surface area contributed by atoms with Gasteiger partial charge in [0.2, 0.25) is 0 Å². The van der Waals surface area contributed by atoms with Crippen LogP contribution in [0, 0.1) is 13.8 Å². The van der Waals surface area contributed by atoms with Gasteiger partial charge >= 0.3 is 0 Å². The predicted octanol–water partition coefficient (Wildman–Crippen LogP) is 0.558. The molecular weight excluding hydrogens is 180 g/mol. The van der Waals surface area contributed by atoms with E-state index in [9.17, 15) is 5.11 Å². The van der Waals surface area contributed by atoms with Crippen LogP contribution in [-0.4, -0.2) is 29.0 Å². The van der Waals surface area contributed by atoms with Gasteiger partial charge in [0.1, 0.15) is 5.76 Å². The zero-order chi connectivity index (χ0) is 10.2. The van der Waals surface area contributed by atoms with Crippen LogP contribution in [0.1, 0.15) is 23.4 Å². The van der Waals surface area contributed by atoms with Crippen LogP contribution in [0.4, 0.5) is 0 Å². The summed E-state index contributed by atoms with van der Waals surface area (Å²) in [7, 11) is 0. The first-order valence-electron chi connectivity index (χ1n) is 4.96. The molecule has 0 spiro atoms. The van der Waals surface area contributed by atoms with Crippen LogP contribution in [0.2, 0.25) is 0 Å². The van der Waals surface area contributed by atoms with Gasteiger partial charge in [0.25, 0.3) is 0 Å². The molecule has 0 aromatic carbocycles. The summed E-state index contributed by atoms with van der Waals surface area (Å²) in [6.07, 6.45) is 1.44. The van der Waals surface area contributed by atoms with Crippen LogP contribution in [0.25, 0.3) is 0 Å². The monoisotopic (exact) mass is 196 g/mol. The SMILES string of the molecule is Cc1noc(C)c1CC1(O)CCNC1. The molecule has 0 saturated carbocycles. The summed E-state index contributed by atoms with van der Waals surface area (Å²) in [6.45, 7) is 5.36. The average molecular weight is 196 g/mol. The molecule has 2 rings (SSSR count). The lowest BCUT2D eigenvalue weighted by atomic mass is 9.93. The van der Waals surface area contributed by atoms with E-state index in [1.807, 2.05) is 13.8 Å². The highest BCUT2D eigenvalue weighted by atomic mass is 16.5. The minimum absolute atomic E-state index is 0.610. The fourth-order valence-electron chi connectivity index (χ4n) is 1.96. The molecule has 14 heavy (non-hydrogen) atoms. The summed E-state index contributed by atoms with van der Waals surface area (Å²) in [5, 5.41) is 17.2. The van der Waals surface area contributed by atoms with Crippen molar-refractivity contribution < 1.29 is 9.63 Å². The predicted molar refractivity (Wildman–Crippen MR) is 52.1 cm³/mol. The molecule has 78 valence electrons. The van der Waals surface area contributed by atoms with Gasteiger partial charge in [0, 0.05) is 18.5 Å². The lowest BCUT2D eigenvalue weighted by Gasteiger charge is -2.20. The molecule has 1 saturated heterocycles. The molecule has 0 aliphatic carbocycles. The third-order valence-electron chi connectivity index (χ3n) is 2.91. The Morgan fingerprint density at radius 1 is 1.57 bits per heavy atom. The number of hydrogen-bond acceptors (Lipinski definition) is 4. The van der Waals surface area contributed by atoms with Crippen molar-refractivity contribution in [1.82, 2.24) is 10.5 Å². The maximum Gasteiger partial charge on any atom is 0.137 e. The molecule has 4 nitrogen and oxygen atoms in total. The van der Waals surface area contributed by atoms with Gasteiger partial charge < -0.3 is 14.9 Å². The summed E-state index contributed by atoms with van der Waals surface area (Å²) >= 11 is 0. The molecule has 1 unspecified atom stereocenters. The number of nitrogens with zero attached hydrogens (tertiary/aromatic N) is 1. The normalized spacial score (nSPS) is 27.1. The summed E-state index contributed by atoms with van der Waals surface area (Å²) in [5.41, 5.74) is 1.33. The molecule has 1 aromatic rings. The molecule has 0 bridgehead atoms. The second kappa shape index (κ2) is 3.37. The Morgan fingerprint density at radius 3 is 2.86 bits per heavy atom. The minimum Gasteiger partial charge on any atom is -0.388 e. The van der Waals surface area contributed by atoms with Crippen molar-refractivity contribution in [3.63, 3.8) is 0 Å². The Bertz CT molecular complexity index is 307. The summed E-state index contributed by atoms with van der Waals surface area (Å²) in [4.78, 5) is 0. The van der Waals surface area contributed by atoms with Crippen LogP contribution >= 0.6 is 0 Å². The number of aryl methyl sites for hydroxylation is 2. The van der Waals surface area contributed by atoms with Gasteiger partial charge in [0.05, 0.1) is 11.3 Å². The second-order valence-corrected chi connectivity index (χ2v) is 4.13. The highest BCUT2D eigenvalue weighted by molar-refractivity contribution is 5.23. The summed E-state index contributed by atoms with van der Waals surface area (Å²) < 4.78 is 5.07. The topological polar surface area (TPSA) is 58.3 Å². The second-order valence-electron chi connectivity index (χ2n) is 4.13.